The number of carboxylic acids is 1. The van der Waals surface area contributed by atoms with Gasteiger partial charge in [0.05, 0.1) is 12.3 Å². The molecule has 0 spiro atoms. The first-order valence-corrected chi connectivity index (χ1v) is 9.95. The summed E-state index contributed by atoms with van der Waals surface area (Å²) in [6, 6.07) is -1.74. The van der Waals surface area contributed by atoms with E-state index in [0.29, 0.717) is 0 Å². The largest absolute Gasteiger partial charge is 0.487 e. The number of tetrazole rings is 1. The van der Waals surface area contributed by atoms with E-state index in [1.165, 1.54) is 0 Å². The van der Waals surface area contributed by atoms with Gasteiger partial charge < -0.3 is 26.4 Å². The molecule has 4 heterocycles. The van der Waals surface area contributed by atoms with Crippen molar-refractivity contribution >= 4 is 41.5 Å². The van der Waals surface area contributed by atoms with E-state index < -0.39 is 59.2 Å². The van der Waals surface area contributed by atoms with Crippen molar-refractivity contribution in [3.63, 3.8) is 0 Å². The van der Waals surface area contributed by atoms with Crippen LogP contribution in [-0.2, 0) is 29.5 Å². The van der Waals surface area contributed by atoms with Crippen molar-refractivity contribution in [3.8, 4) is 0 Å². The molecule has 0 unspecified atom stereocenters. The molecule has 16 nitrogen and oxygen atoms in total. The minimum absolute atomic E-state index is 0.0977. The molecule has 3 aliphatic heterocycles. The quantitative estimate of drug-likeness (QED) is 0.175. The van der Waals surface area contributed by atoms with Crippen LogP contribution < -0.4 is 11.5 Å². The van der Waals surface area contributed by atoms with Crippen LogP contribution in [0.15, 0.2) is 16.6 Å². The standard InChI is InChI=1S/C15H16N8O8S/c1-15(11(16)27,12(17)28)23-13(18-19-20-23)32-3-5-7(10(25)26)22-6-4(31-5)2-21(14(29)30)8(6)9(22)24/h4,6,8H,2-3H2,1H3,(H2,16,27)(H2,17,28)(H,25,26)(H,29,30)/t4-,6-,8+/m1/s1. The fourth-order valence-corrected chi connectivity index (χ4v) is 4.77. The zero-order valence-electron chi connectivity index (χ0n) is 16.2. The van der Waals surface area contributed by atoms with E-state index in [9.17, 15) is 34.2 Å². The van der Waals surface area contributed by atoms with Crippen LogP contribution >= 0.6 is 11.8 Å². The van der Waals surface area contributed by atoms with Gasteiger partial charge in [0.1, 0.15) is 23.9 Å². The number of β-lactam (4-membered cyclic amide) rings is 1. The first kappa shape index (κ1) is 21.3. The molecule has 0 bridgehead atoms. The van der Waals surface area contributed by atoms with Crippen LogP contribution in [0.5, 0.6) is 0 Å². The number of hydrogen-bond donors (Lipinski definition) is 4. The van der Waals surface area contributed by atoms with Gasteiger partial charge >= 0.3 is 12.1 Å². The minimum atomic E-state index is -2.09. The highest BCUT2D eigenvalue weighted by molar-refractivity contribution is 7.99. The molecule has 2 fully saturated rings. The molecule has 2 saturated heterocycles. The van der Waals surface area contributed by atoms with Gasteiger partial charge in [-0.15, -0.1) is 5.10 Å². The van der Waals surface area contributed by atoms with Gasteiger partial charge in [0.2, 0.25) is 10.7 Å². The topological polar surface area (TPSA) is 237 Å². The maximum Gasteiger partial charge on any atom is 0.408 e. The number of carboxylic acid groups (broad SMARTS) is 2. The minimum Gasteiger partial charge on any atom is -0.487 e. The Hall–Kier alpha value is -3.89. The maximum atomic E-state index is 12.5. The fraction of sp³-hybridized carbons (Fsp3) is 0.467. The Bertz CT molecular complexity index is 1090. The molecule has 3 aliphatic rings. The summed E-state index contributed by atoms with van der Waals surface area (Å²) in [7, 11) is 0. The number of carbonyl (C=O) groups excluding carboxylic acids is 3. The van der Waals surface area contributed by atoms with Crippen LogP contribution in [0.2, 0.25) is 0 Å². The molecular weight excluding hydrogens is 452 g/mol. The van der Waals surface area contributed by atoms with Gasteiger partial charge in [0, 0.05) is 0 Å². The maximum absolute atomic E-state index is 12.5. The molecule has 6 N–H and O–H groups in total. The molecule has 0 radical (unpaired) electrons. The summed E-state index contributed by atoms with van der Waals surface area (Å²) in [6.07, 6.45) is -2.07. The number of thioether (sulfide) groups is 1. The molecule has 0 aliphatic carbocycles. The van der Waals surface area contributed by atoms with Gasteiger partial charge in [0.25, 0.3) is 17.7 Å². The van der Waals surface area contributed by atoms with Crippen LogP contribution in [0.1, 0.15) is 6.92 Å². The number of hydrogen-bond acceptors (Lipinski definition) is 10. The fourth-order valence-electron chi connectivity index (χ4n) is 3.87. The number of nitrogens with zero attached hydrogens (tertiary/aromatic N) is 6. The number of aliphatic carboxylic acids is 1. The first-order chi connectivity index (χ1) is 15.0. The van der Waals surface area contributed by atoms with Gasteiger partial charge in [-0.3, -0.25) is 24.2 Å². The molecule has 1 aromatic rings. The van der Waals surface area contributed by atoms with Gasteiger partial charge in [-0.2, -0.15) is 4.68 Å². The van der Waals surface area contributed by atoms with Crippen molar-refractivity contribution in [2.24, 2.45) is 11.5 Å². The van der Waals surface area contributed by atoms with Crippen molar-refractivity contribution in [3.05, 3.63) is 11.5 Å². The van der Waals surface area contributed by atoms with E-state index in [1.54, 1.807) is 0 Å². The Labute approximate surface area is 182 Å². The summed E-state index contributed by atoms with van der Waals surface area (Å²) in [4.78, 5) is 61.4. The number of aromatic nitrogens is 4. The number of carbonyl (C=O) groups is 5. The van der Waals surface area contributed by atoms with Crippen LogP contribution in [0.25, 0.3) is 0 Å². The Balaban J connectivity index is 1.63. The molecule has 32 heavy (non-hydrogen) atoms. The second-order valence-corrected chi connectivity index (χ2v) is 8.22. The molecule has 17 heteroatoms. The summed E-state index contributed by atoms with van der Waals surface area (Å²) in [6.45, 7) is 1.01. The van der Waals surface area contributed by atoms with E-state index >= 15 is 0 Å². The summed E-state index contributed by atoms with van der Waals surface area (Å²) in [5.41, 5.74) is 8.06. The van der Waals surface area contributed by atoms with E-state index in [0.717, 1.165) is 33.2 Å². The molecule has 3 atom stereocenters. The number of likely N-dealkylation sites (tertiary alicyclic amines) is 1. The highest BCUT2D eigenvalue weighted by Gasteiger charge is 2.65. The second kappa shape index (κ2) is 7.08. The van der Waals surface area contributed by atoms with E-state index in [-0.39, 0.29) is 23.2 Å². The smallest absolute Gasteiger partial charge is 0.408 e. The summed E-state index contributed by atoms with van der Waals surface area (Å²) < 4.78 is 6.56. The number of ether oxygens (including phenoxy) is 1. The molecule has 1 aromatic heterocycles. The number of nitrogens with two attached hydrogens (primary N) is 2. The van der Waals surface area contributed by atoms with Crippen LogP contribution in [0, 0.1) is 0 Å². The lowest BCUT2D eigenvalue weighted by Crippen LogP contribution is -2.70. The average Bonchev–Trinajstić information content (AvgIpc) is 3.33. The normalized spacial score (nSPS) is 24.0. The molecule has 4 rings (SSSR count). The Morgan fingerprint density at radius 2 is 1.91 bits per heavy atom. The molecule has 4 amide bonds. The lowest BCUT2D eigenvalue weighted by molar-refractivity contribution is -0.160. The molecular formula is C15H16N8O8S. The van der Waals surface area contributed by atoms with E-state index in [4.69, 9.17) is 16.2 Å². The van der Waals surface area contributed by atoms with E-state index in [1.807, 2.05) is 0 Å². The average molecular weight is 468 g/mol. The summed E-state index contributed by atoms with van der Waals surface area (Å²) in [5, 5.41) is 29.6. The predicted molar refractivity (Wildman–Crippen MR) is 99.3 cm³/mol. The third kappa shape index (κ3) is 2.77. The van der Waals surface area contributed by atoms with Gasteiger partial charge in [0.15, 0.2) is 5.70 Å². The third-order valence-electron chi connectivity index (χ3n) is 5.61. The number of amides is 4. The Morgan fingerprint density at radius 1 is 1.25 bits per heavy atom. The Morgan fingerprint density at radius 3 is 2.47 bits per heavy atom. The summed E-state index contributed by atoms with van der Waals surface area (Å²) >= 11 is 0.802. The zero-order chi connectivity index (χ0) is 23.5. The number of primary amides is 2. The van der Waals surface area contributed by atoms with Crippen molar-refractivity contribution in [2.75, 3.05) is 12.3 Å². The van der Waals surface area contributed by atoms with Crippen molar-refractivity contribution in [1.82, 2.24) is 30.0 Å². The van der Waals surface area contributed by atoms with Crippen molar-refractivity contribution in [2.45, 2.75) is 35.8 Å². The van der Waals surface area contributed by atoms with Gasteiger partial charge in [-0.1, -0.05) is 11.8 Å². The van der Waals surface area contributed by atoms with Gasteiger partial charge in [-0.05, 0) is 17.4 Å². The highest BCUT2D eigenvalue weighted by atomic mass is 32.2. The van der Waals surface area contributed by atoms with Crippen LogP contribution in [-0.4, -0.2) is 100 Å². The highest BCUT2D eigenvalue weighted by Crippen LogP contribution is 2.44. The molecule has 0 aromatic carbocycles. The lowest BCUT2D eigenvalue weighted by atomic mass is 9.91. The second-order valence-electron chi connectivity index (χ2n) is 7.27. The zero-order valence-corrected chi connectivity index (χ0v) is 17.1. The van der Waals surface area contributed by atoms with Crippen LogP contribution in [0.4, 0.5) is 4.79 Å². The predicted octanol–water partition coefficient (Wildman–Crippen LogP) is -3.28. The monoisotopic (exact) mass is 468 g/mol. The SMILES string of the molecule is CC(C(N)=O)(C(N)=O)n1nnnc1SCC1=C(C(=O)O)N2C(=O)[C@@H]3[C@H]2[C@@H](CN3C(=O)O)O1. The van der Waals surface area contributed by atoms with Gasteiger partial charge in [-0.25, -0.2) is 9.59 Å². The molecule has 0 saturated carbocycles. The van der Waals surface area contributed by atoms with Crippen molar-refractivity contribution < 1.29 is 38.9 Å². The summed E-state index contributed by atoms with van der Waals surface area (Å²) in [5.74, 6) is -4.68. The van der Waals surface area contributed by atoms with Crippen molar-refractivity contribution in [1.29, 1.82) is 0 Å². The van der Waals surface area contributed by atoms with Crippen LogP contribution in [0.3, 0.4) is 0 Å². The number of rotatable bonds is 7. The first-order valence-electron chi connectivity index (χ1n) is 8.97. The molecule has 170 valence electrons. The lowest BCUT2D eigenvalue weighted by Gasteiger charge is -2.48. The Kier molecular flexibility index (Phi) is 4.72. The van der Waals surface area contributed by atoms with E-state index in [2.05, 4.69) is 15.5 Å². The third-order valence-corrected chi connectivity index (χ3v) is 6.53.